The number of hydrogen-bond donors (Lipinski definition) is 1. The highest BCUT2D eigenvalue weighted by atomic mass is 19.4. The number of hydrogen-bond acceptors (Lipinski definition) is 3. The Kier molecular flexibility index (Phi) is 7.26. The van der Waals surface area contributed by atoms with E-state index < -0.39 is 11.7 Å². The average molecular weight is 514 g/mol. The first kappa shape index (κ1) is 25.3. The van der Waals surface area contributed by atoms with Gasteiger partial charge in [-0.2, -0.15) is 13.2 Å². The van der Waals surface area contributed by atoms with Gasteiger partial charge in [0.1, 0.15) is 0 Å². The van der Waals surface area contributed by atoms with Gasteiger partial charge >= 0.3 is 6.18 Å². The zero-order chi connectivity index (χ0) is 26.5. The minimum Gasteiger partial charge on any atom is -0.372 e. The molecule has 3 aromatic carbocycles. The average Bonchev–Trinajstić information content (AvgIpc) is 3.46. The second-order valence-electron chi connectivity index (χ2n) is 9.15. The topological polar surface area (TPSA) is 45.2 Å². The van der Waals surface area contributed by atoms with Gasteiger partial charge in [-0.15, -0.1) is 0 Å². The molecule has 4 nitrogen and oxygen atoms in total. The first-order valence-electron chi connectivity index (χ1n) is 12.4. The molecule has 1 aliphatic rings. The fraction of sp³-hybridized carbons (Fsp3) is 0.161. The third kappa shape index (κ3) is 5.78. The van der Waals surface area contributed by atoms with Gasteiger partial charge in [-0.3, -0.25) is 9.78 Å². The fourth-order valence-corrected chi connectivity index (χ4v) is 4.66. The van der Waals surface area contributed by atoms with Crippen LogP contribution in [0.4, 0.5) is 24.5 Å². The van der Waals surface area contributed by atoms with E-state index in [0.717, 1.165) is 47.2 Å². The Labute approximate surface area is 219 Å². The van der Waals surface area contributed by atoms with Crippen molar-refractivity contribution in [3.05, 3.63) is 120 Å². The zero-order valence-corrected chi connectivity index (χ0v) is 20.6. The van der Waals surface area contributed by atoms with Crippen LogP contribution in [0.25, 0.3) is 16.3 Å². The molecule has 0 atom stereocenters. The lowest BCUT2D eigenvalue weighted by Gasteiger charge is -2.18. The molecule has 2 heterocycles. The van der Waals surface area contributed by atoms with E-state index in [0.29, 0.717) is 16.8 Å². The molecule has 0 aliphatic carbocycles. The van der Waals surface area contributed by atoms with Crippen LogP contribution in [-0.4, -0.2) is 24.0 Å². The first-order chi connectivity index (χ1) is 18.4. The molecule has 1 N–H and O–H groups in total. The van der Waals surface area contributed by atoms with E-state index in [4.69, 9.17) is 0 Å². The van der Waals surface area contributed by atoms with Crippen LogP contribution >= 0.6 is 0 Å². The lowest BCUT2D eigenvalue weighted by molar-refractivity contribution is -0.137. The number of pyridine rings is 1. The summed E-state index contributed by atoms with van der Waals surface area (Å²) in [5.41, 5.74) is 3.28. The smallest absolute Gasteiger partial charge is 0.372 e. The SMILES string of the molecule is O=C(C=CC=C(c1ccc(N2CCCC2)cc1)c1ccc(C(F)(F)F)cc1)Nc1cccc2cnccc12. The number of nitrogens with zero attached hydrogens (tertiary/aromatic N) is 2. The van der Waals surface area contributed by atoms with Crippen LogP contribution in [0, 0.1) is 0 Å². The van der Waals surface area contributed by atoms with Gasteiger partial charge in [-0.1, -0.05) is 48.6 Å². The third-order valence-corrected chi connectivity index (χ3v) is 6.62. The molecule has 0 radical (unpaired) electrons. The fourth-order valence-electron chi connectivity index (χ4n) is 4.66. The van der Waals surface area contributed by atoms with Gasteiger partial charge in [-0.25, -0.2) is 0 Å². The zero-order valence-electron chi connectivity index (χ0n) is 20.6. The summed E-state index contributed by atoms with van der Waals surface area (Å²) in [5.74, 6) is -0.318. The molecule has 0 spiro atoms. The second-order valence-corrected chi connectivity index (χ2v) is 9.15. The summed E-state index contributed by atoms with van der Waals surface area (Å²) < 4.78 is 39.4. The van der Waals surface area contributed by atoms with E-state index in [1.807, 2.05) is 48.5 Å². The van der Waals surface area contributed by atoms with Crippen molar-refractivity contribution in [3.8, 4) is 0 Å². The maximum atomic E-state index is 13.1. The number of benzene rings is 3. The van der Waals surface area contributed by atoms with Crippen LogP contribution in [0.3, 0.4) is 0 Å². The number of nitrogens with one attached hydrogen (secondary N) is 1. The number of allylic oxidation sites excluding steroid dienone is 2. The van der Waals surface area contributed by atoms with Crippen LogP contribution in [0.15, 0.2) is 103 Å². The quantitative estimate of drug-likeness (QED) is 0.215. The number of carbonyl (C=O) groups excluding carboxylic acids is 1. The van der Waals surface area contributed by atoms with Crippen LogP contribution in [-0.2, 0) is 11.0 Å². The molecule has 5 rings (SSSR count). The molecule has 1 aliphatic heterocycles. The molecule has 1 fully saturated rings. The van der Waals surface area contributed by atoms with Crippen molar-refractivity contribution in [1.29, 1.82) is 0 Å². The van der Waals surface area contributed by atoms with Gasteiger partial charge in [-0.05, 0) is 65.9 Å². The second kappa shape index (κ2) is 10.9. The van der Waals surface area contributed by atoms with Gasteiger partial charge in [0.25, 0.3) is 0 Å². The van der Waals surface area contributed by atoms with Crippen molar-refractivity contribution < 1.29 is 18.0 Å². The summed E-state index contributed by atoms with van der Waals surface area (Å²) in [7, 11) is 0. The monoisotopic (exact) mass is 513 g/mol. The summed E-state index contributed by atoms with van der Waals surface area (Å²) >= 11 is 0. The molecule has 0 bridgehead atoms. The van der Waals surface area contributed by atoms with Gasteiger partial charge in [0.15, 0.2) is 0 Å². The molecule has 1 aromatic heterocycles. The number of amides is 1. The van der Waals surface area contributed by atoms with E-state index in [9.17, 15) is 18.0 Å². The highest BCUT2D eigenvalue weighted by Crippen LogP contribution is 2.32. The maximum absolute atomic E-state index is 13.1. The summed E-state index contributed by atoms with van der Waals surface area (Å²) in [6.07, 6.45) is 6.10. The molecule has 1 saturated heterocycles. The molecule has 192 valence electrons. The molecular formula is C31H26F3N3O. The van der Waals surface area contributed by atoms with Crippen LogP contribution < -0.4 is 10.2 Å². The van der Waals surface area contributed by atoms with Crippen LogP contribution in [0.1, 0.15) is 29.5 Å². The molecule has 38 heavy (non-hydrogen) atoms. The molecule has 1 amide bonds. The van der Waals surface area contributed by atoms with Crippen molar-refractivity contribution in [2.45, 2.75) is 19.0 Å². The Morgan fingerprint density at radius 3 is 2.26 bits per heavy atom. The van der Waals surface area contributed by atoms with Crippen molar-refractivity contribution in [1.82, 2.24) is 4.98 Å². The standard InChI is InChI=1S/C31H26F3N3O/c32-31(33,34)25-13-9-22(10-14-25)27(23-11-15-26(16-12-23)37-19-1-2-20-37)6-4-8-30(38)36-29-7-3-5-24-21-35-18-17-28(24)29/h3-18,21H,1-2,19-20H2,(H,36,38). The number of halogens is 3. The molecule has 0 unspecified atom stereocenters. The highest BCUT2D eigenvalue weighted by Gasteiger charge is 2.30. The molecule has 7 heteroatoms. The van der Waals surface area contributed by atoms with Gasteiger partial charge in [0, 0.05) is 53.7 Å². The highest BCUT2D eigenvalue weighted by molar-refractivity contribution is 6.06. The Balaban J connectivity index is 1.41. The molecule has 4 aromatic rings. The van der Waals surface area contributed by atoms with Crippen molar-refractivity contribution in [2.24, 2.45) is 0 Å². The Hall–Kier alpha value is -4.39. The first-order valence-corrected chi connectivity index (χ1v) is 12.4. The van der Waals surface area contributed by atoms with E-state index in [-0.39, 0.29) is 5.91 Å². The minimum atomic E-state index is -4.41. The number of aromatic nitrogens is 1. The largest absolute Gasteiger partial charge is 0.416 e. The van der Waals surface area contributed by atoms with E-state index >= 15 is 0 Å². The van der Waals surface area contributed by atoms with E-state index in [1.165, 1.54) is 31.1 Å². The van der Waals surface area contributed by atoms with Gasteiger partial charge in [0.05, 0.1) is 5.56 Å². The lowest BCUT2D eigenvalue weighted by Crippen LogP contribution is -2.17. The predicted molar refractivity (Wildman–Crippen MR) is 146 cm³/mol. The number of alkyl halides is 3. The van der Waals surface area contributed by atoms with Crippen molar-refractivity contribution in [3.63, 3.8) is 0 Å². The maximum Gasteiger partial charge on any atom is 0.416 e. The van der Waals surface area contributed by atoms with Crippen molar-refractivity contribution in [2.75, 3.05) is 23.3 Å². The van der Waals surface area contributed by atoms with E-state index in [2.05, 4.69) is 15.2 Å². The van der Waals surface area contributed by atoms with Crippen molar-refractivity contribution >= 4 is 33.6 Å². The molecule has 0 saturated carbocycles. The summed E-state index contributed by atoms with van der Waals surface area (Å²) in [4.78, 5) is 19.1. The normalized spacial score (nSPS) is 14.4. The number of carbonyl (C=O) groups is 1. The summed E-state index contributed by atoms with van der Waals surface area (Å²) in [5, 5.41) is 4.68. The predicted octanol–water partition coefficient (Wildman–Crippen LogP) is 7.48. The Bertz CT molecular complexity index is 1480. The van der Waals surface area contributed by atoms with Crippen LogP contribution in [0.2, 0.25) is 0 Å². The number of rotatable bonds is 6. The van der Waals surface area contributed by atoms with E-state index in [1.54, 1.807) is 24.5 Å². The third-order valence-electron chi connectivity index (χ3n) is 6.62. The van der Waals surface area contributed by atoms with Gasteiger partial charge in [0.2, 0.25) is 5.91 Å². The van der Waals surface area contributed by atoms with Gasteiger partial charge < -0.3 is 10.2 Å². The van der Waals surface area contributed by atoms with Crippen LogP contribution in [0.5, 0.6) is 0 Å². The lowest BCUT2D eigenvalue weighted by atomic mass is 9.96. The minimum absolute atomic E-state index is 0.318. The summed E-state index contributed by atoms with van der Waals surface area (Å²) in [6, 6.07) is 20.5. The Morgan fingerprint density at radius 1 is 0.895 bits per heavy atom. The number of fused-ring (bicyclic) bond motifs is 1. The summed E-state index contributed by atoms with van der Waals surface area (Å²) in [6.45, 7) is 2.04. The molecular weight excluding hydrogens is 487 g/mol. The number of anilines is 2. The Morgan fingerprint density at radius 2 is 1.58 bits per heavy atom.